The number of hydrogen-bond donors (Lipinski definition) is 1. The van der Waals surface area contributed by atoms with Gasteiger partial charge in [0.2, 0.25) is 0 Å². The Labute approximate surface area is 117 Å². The number of nitrogens with one attached hydrogen (secondary N) is 1. The zero-order chi connectivity index (χ0) is 13.8. The van der Waals surface area contributed by atoms with Crippen LogP contribution in [0, 0.1) is 11.8 Å². The topological polar surface area (TPSA) is 29.9 Å². The van der Waals surface area contributed by atoms with Crippen LogP contribution in [-0.4, -0.2) is 22.9 Å². The van der Waals surface area contributed by atoms with Crippen LogP contribution in [0.15, 0.2) is 6.07 Å². The molecule has 0 spiro atoms. The van der Waals surface area contributed by atoms with Crippen LogP contribution in [0.2, 0.25) is 0 Å². The summed E-state index contributed by atoms with van der Waals surface area (Å²) in [5.74, 6) is 1.51. The molecule has 1 N–H and O–H groups in total. The first-order valence-corrected chi connectivity index (χ1v) is 7.93. The molecule has 0 aliphatic heterocycles. The maximum atomic E-state index is 4.80. The minimum atomic E-state index is 0.634. The highest BCUT2D eigenvalue weighted by Crippen LogP contribution is 2.38. The van der Waals surface area contributed by atoms with Gasteiger partial charge in [0.05, 0.1) is 11.7 Å². The summed E-state index contributed by atoms with van der Waals surface area (Å²) in [4.78, 5) is 0. The summed E-state index contributed by atoms with van der Waals surface area (Å²) >= 11 is 0. The van der Waals surface area contributed by atoms with Crippen molar-refractivity contribution in [3.8, 4) is 0 Å². The molecule has 1 aliphatic rings. The highest BCUT2D eigenvalue weighted by Gasteiger charge is 2.33. The lowest BCUT2D eigenvalue weighted by atomic mass is 9.79. The molecule has 1 aromatic heterocycles. The molecule has 1 saturated carbocycles. The maximum Gasteiger partial charge on any atom is 0.0624 e. The summed E-state index contributed by atoms with van der Waals surface area (Å²) in [6.07, 6.45) is 4.78. The normalized spacial score (nSPS) is 22.8. The van der Waals surface area contributed by atoms with Gasteiger partial charge in [-0.3, -0.25) is 4.68 Å². The third-order valence-corrected chi connectivity index (χ3v) is 4.24. The van der Waals surface area contributed by atoms with Crippen LogP contribution in [0.3, 0.4) is 0 Å². The minimum absolute atomic E-state index is 0.634. The van der Waals surface area contributed by atoms with E-state index < -0.39 is 0 Å². The summed E-state index contributed by atoms with van der Waals surface area (Å²) in [5.41, 5.74) is 2.66. The molecule has 0 radical (unpaired) electrons. The molecule has 2 atom stereocenters. The zero-order valence-electron chi connectivity index (χ0n) is 12.9. The number of nitrogens with zero attached hydrogens (tertiary/aromatic N) is 2. The Morgan fingerprint density at radius 2 is 2.11 bits per heavy atom. The Morgan fingerprint density at radius 1 is 1.32 bits per heavy atom. The summed E-state index contributed by atoms with van der Waals surface area (Å²) in [6.45, 7) is 11.2. The molecule has 1 aromatic rings. The molecule has 0 aromatic carbocycles. The third kappa shape index (κ3) is 3.38. The molecule has 19 heavy (non-hydrogen) atoms. The highest BCUT2D eigenvalue weighted by atomic mass is 15.3. The van der Waals surface area contributed by atoms with E-state index in [4.69, 9.17) is 5.10 Å². The fourth-order valence-corrected chi connectivity index (χ4v) is 2.88. The molecular formula is C16H29N3. The molecule has 1 aliphatic carbocycles. The van der Waals surface area contributed by atoms with E-state index in [9.17, 15) is 0 Å². The molecule has 1 fully saturated rings. The smallest absolute Gasteiger partial charge is 0.0624 e. The lowest BCUT2D eigenvalue weighted by molar-refractivity contribution is 0.158. The monoisotopic (exact) mass is 263 g/mol. The zero-order valence-corrected chi connectivity index (χ0v) is 12.9. The number of hydrogen-bond acceptors (Lipinski definition) is 2. The number of rotatable bonds is 7. The van der Waals surface area contributed by atoms with Crippen molar-refractivity contribution in [3.63, 3.8) is 0 Å². The summed E-state index contributed by atoms with van der Waals surface area (Å²) < 4.78 is 2.32. The Morgan fingerprint density at radius 3 is 2.63 bits per heavy atom. The standard InChI is InChI=1S/C16H29N3/c1-5-14-9-15(6-2)19(18-14)16-8-7-13(16)11-17-10-12(3)4/h9,12-13,16-17H,5-8,10-11H2,1-4H3. The second-order valence-electron chi connectivity index (χ2n) is 6.24. The number of aromatic nitrogens is 2. The predicted molar refractivity (Wildman–Crippen MR) is 80.5 cm³/mol. The van der Waals surface area contributed by atoms with Crippen molar-refractivity contribution in [1.29, 1.82) is 0 Å². The molecule has 108 valence electrons. The van der Waals surface area contributed by atoms with E-state index in [0.717, 1.165) is 37.8 Å². The SMILES string of the molecule is CCc1cc(CC)n(C2CCC2CNCC(C)C)n1. The van der Waals surface area contributed by atoms with Crippen LogP contribution in [0.25, 0.3) is 0 Å². The van der Waals surface area contributed by atoms with Crippen LogP contribution in [-0.2, 0) is 12.8 Å². The van der Waals surface area contributed by atoms with Crippen molar-refractivity contribution in [2.75, 3.05) is 13.1 Å². The second-order valence-corrected chi connectivity index (χ2v) is 6.24. The lowest BCUT2D eigenvalue weighted by Gasteiger charge is -2.38. The minimum Gasteiger partial charge on any atom is -0.316 e. The lowest BCUT2D eigenvalue weighted by Crippen LogP contribution is -2.38. The predicted octanol–water partition coefficient (Wildman–Crippen LogP) is 3.20. The Bertz CT molecular complexity index is 395. The van der Waals surface area contributed by atoms with Crippen molar-refractivity contribution in [3.05, 3.63) is 17.5 Å². The van der Waals surface area contributed by atoms with E-state index in [1.54, 1.807) is 0 Å². The van der Waals surface area contributed by atoms with E-state index in [1.807, 2.05) is 0 Å². The molecule has 2 rings (SSSR count). The van der Waals surface area contributed by atoms with Gasteiger partial charge in [-0.15, -0.1) is 0 Å². The third-order valence-electron chi connectivity index (χ3n) is 4.24. The van der Waals surface area contributed by atoms with Crippen LogP contribution < -0.4 is 5.32 Å². The summed E-state index contributed by atoms with van der Waals surface area (Å²) in [7, 11) is 0. The molecule has 0 saturated heterocycles. The van der Waals surface area contributed by atoms with E-state index >= 15 is 0 Å². The summed E-state index contributed by atoms with van der Waals surface area (Å²) in [6, 6.07) is 2.92. The van der Waals surface area contributed by atoms with Gasteiger partial charge >= 0.3 is 0 Å². The van der Waals surface area contributed by atoms with Crippen molar-refractivity contribution < 1.29 is 0 Å². The van der Waals surface area contributed by atoms with Crippen LogP contribution in [0.1, 0.15) is 58.0 Å². The van der Waals surface area contributed by atoms with E-state index in [-0.39, 0.29) is 0 Å². The average molecular weight is 263 g/mol. The van der Waals surface area contributed by atoms with Crippen molar-refractivity contribution in [2.45, 2.75) is 59.4 Å². The molecule has 0 bridgehead atoms. The second kappa shape index (κ2) is 6.56. The van der Waals surface area contributed by atoms with Crippen molar-refractivity contribution >= 4 is 0 Å². The van der Waals surface area contributed by atoms with Crippen LogP contribution in [0.4, 0.5) is 0 Å². The molecular weight excluding hydrogens is 234 g/mol. The largest absolute Gasteiger partial charge is 0.316 e. The Hall–Kier alpha value is -0.830. The quantitative estimate of drug-likeness (QED) is 0.818. The molecule has 2 unspecified atom stereocenters. The van der Waals surface area contributed by atoms with Gasteiger partial charge in [-0.05, 0) is 50.1 Å². The Balaban J connectivity index is 1.95. The van der Waals surface area contributed by atoms with Gasteiger partial charge in [-0.25, -0.2) is 0 Å². The molecule has 3 nitrogen and oxygen atoms in total. The van der Waals surface area contributed by atoms with Gasteiger partial charge in [0.15, 0.2) is 0 Å². The van der Waals surface area contributed by atoms with Gasteiger partial charge in [0, 0.05) is 12.2 Å². The molecule has 0 amide bonds. The van der Waals surface area contributed by atoms with Crippen molar-refractivity contribution in [2.24, 2.45) is 11.8 Å². The van der Waals surface area contributed by atoms with Gasteiger partial charge < -0.3 is 5.32 Å². The molecule has 1 heterocycles. The van der Waals surface area contributed by atoms with Crippen molar-refractivity contribution in [1.82, 2.24) is 15.1 Å². The number of aryl methyl sites for hydroxylation is 2. The fraction of sp³-hybridized carbons (Fsp3) is 0.812. The van der Waals surface area contributed by atoms with Crippen LogP contribution >= 0.6 is 0 Å². The van der Waals surface area contributed by atoms with E-state index in [0.29, 0.717) is 6.04 Å². The van der Waals surface area contributed by atoms with E-state index in [1.165, 1.54) is 24.2 Å². The first-order valence-electron chi connectivity index (χ1n) is 7.93. The van der Waals surface area contributed by atoms with Gasteiger partial charge in [-0.2, -0.15) is 5.10 Å². The first-order chi connectivity index (χ1) is 9.15. The molecule has 3 heteroatoms. The van der Waals surface area contributed by atoms with Gasteiger partial charge in [0.1, 0.15) is 0 Å². The first kappa shape index (κ1) is 14.6. The van der Waals surface area contributed by atoms with Gasteiger partial charge in [0.25, 0.3) is 0 Å². The van der Waals surface area contributed by atoms with E-state index in [2.05, 4.69) is 43.8 Å². The van der Waals surface area contributed by atoms with Gasteiger partial charge in [-0.1, -0.05) is 27.7 Å². The Kier molecular flexibility index (Phi) is 5.03. The van der Waals surface area contributed by atoms with Crippen LogP contribution in [0.5, 0.6) is 0 Å². The maximum absolute atomic E-state index is 4.80. The summed E-state index contributed by atoms with van der Waals surface area (Å²) in [5, 5.41) is 8.41. The highest BCUT2D eigenvalue weighted by molar-refractivity contribution is 5.12. The fourth-order valence-electron chi connectivity index (χ4n) is 2.88. The average Bonchev–Trinajstić information content (AvgIpc) is 2.76.